The van der Waals surface area contributed by atoms with Gasteiger partial charge in [-0.25, -0.2) is 4.79 Å². The Morgan fingerprint density at radius 2 is 1.83 bits per heavy atom. The number of esters is 1. The Morgan fingerprint density at radius 3 is 2.55 bits per heavy atom. The highest BCUT2D eigenvalue weighted by atomic mass is 16.6. The zero-order valence-electron chi connectivity index (χ0n) is 16.6. The van der Waals surface area contributed by atoms with Crippen molar-refractivity contribution in [3.8, 4) is 0 Å². The van der Waals surface area contributed by atoms with Gasteiger partial charge in [0.2, 0.25) is 5.91 Å². The third-order valence-corrected chi connectivity index (χ3v) is 4.76. The van der Waals surface area contributed by atoms with E-state index < -0.39 is 30.1 Å². The van der Waals surface area contributed by atoms with E-state index in [0.717, 1.165) is 22.8 Å². The van der Waals surface area contributed by atoms with Crippen LogP contribution in [-0.2, 0) is 30.4 Å². The predicted octanol–water partition coefficient (Wildman–Crippen LogP) is 2.07. The van der Waals surface area contributed by atoms with Crippen LogP contribution in [0.25, 0.3) is 10.8 Å². The van der Waals surface area contributed by atoms with Gasteiger partial charge in [0.05, 0.1) is 6.61 Å². The van der Waals surface area contributed by atoms with Crippen molar-refractivity contribution in [3.05, 3.63) is 48.0 Å². The molecule has 0 spiro atoms. The number of carbonyl (C=O) groups is 3. The Labute approximate surface area is 169 Å². The maximum atomic E-state index is 12.6. The van der Waals surface area contributed by atoms with Crippen molar-refractivity contribution < 1.29 is 23.9 Å². The van der Waals surface area contributed by atoms with Gasteiger partial charge in [-0.2, -0.15) is 0 Å². The van der Waals surface area contributed by atoms with Crippen LogP contribution < -0.4 is 10.6 Å². The van der Waals surface area contributed by atoms with Gasteiger partial charge in [0, 0.05) is 6.54 Å². The third-order valence-electron chi connectivity index (χ3n) is 4.76. The molecule has 0 aromatic heterocycles. The van der Waals surface area contributed by atoms with Gasteiger partial charge < -0.3 is 20.1 Å². The third kappa shape index (κ3) is 5.32. The summed E-state index contributed by atoms with van der Waals surface area (Å²) in [6, 6.07) is 13.4. The van der Waals surface area contributed by atoms with Gasteiger partial charge in [0.15, 0.2) is 12.2 Å². The van der Waals surface area contributed by atoms with Gasteiger partial charge in [0.1, 0.15) is 6.04 Å². The van der Waals surface area contributed by atoms with E-state index in [4.69, 9.17) is 9.47 Å². The van der Waals surface area contributed by atoms with Crippen molar-refractivity contribution in [1.82, 2.24) is 10.6 Å². The molecule has 3 atom stereocenters. The van der Waals surface area contributed by atoms with Crippen LogP contribution in [0.5, 0.6) is 0 Å². The van der Waals surface area contributed by atoms with Gasteiger partial charge in [-0.05, 0) is 35.7 Å². The molecule has 2 aromatic rings. The van der Waals surface area contributed by atoms with Crippen LogP contribution in [0.1, 0.15) is 32.3 Å². The quantitative estimate of drug-likeness (QED) is 0.498. The lowest BCUT2D eigenvalue weighted by Crippen LogP contribution is -2.48. The van der Waals surface area contributed by atoms with Gasteiger partial charge in [-0.15, -0.1) is 0 Å². The lowest BCUT2D eigenvalue weighted by molar-refractivity contribution is -0.144. The summed E-state index contributed by atoms with van der Waals surface area (Å²) >= 11 is 0. The van der Waals surface area contributed by atoms with Crippen molar-refractivity contribution in [2.75, 3.05) is 6.61 Å². The Balaban J connectivity index is 1.54. The minimum Gasteiger partial charge on any atom is -0.464 e. The number of hydrogen-bond donors (Lipinski definition) is 2. The van der Waals surface area contributed by atoms with E-state index in [9.17, 15) is 14.4 Å². The molecular formula is C22H26N2O5. The topological polar surface area (TPSA) is 97.0 Å². The zero-order valence-corrected chi connectivity index (χ0v) is 16.6. The molecule has 2 amide bonds. The van der Waals surface area contributed by atoms with Gasteiger partial charge in [-0.1, -0.05) is 49.7 Å². The van der Waals surface area contributed by atoms with Crippen molar-refractivity contribution >= 4 is 28.6 Å². The number of benzene rings is 2. The maximum absolute atomic E-state index is 12.6. The average molecular weight is 398 g/mol. The number of ether oxygens (including phenoxy) is 2. The monoisotopic (exact) mass is 398 g/mol. The summed E-state index contributed by atoms with van der Waals surface area (Å²) < 4.78 is 9.94. The smallest absolute Gasteiger partial charge is 0.338 e. The first-order chi connectivity index (χ1) is 14.0. The first-order valence-electron chi connectivity index (χ1n) is 9.91. The first kappa shape index (κ1) is 20.8. The van der Waals surface area contributed by atoms with E-state index in [2.05, 4.69) is 10.6 Å². The maximum Gasteiger partial charge on any atom is 0.338 e. The van der Waals surface area contributed by atoms with E-state index in [-0.39, 0.29) is 12.5 Å². The minimum atomic E-state index is -0.887. The Kier molecular flexibility index (Phi) is 6.82. The number of rotatable bonds is 9. The van der Waals surface area contributed by atoms with E-state index >= 15 is 0 Å². The van der Waals surface area contributed by atoms with Crippen LogP contribution in [0.3, 0.4) is 0 Å². The summed E-state index contributed by atoms with van der Waals surface area (Å²) in [4.78, 5) is 36.5. The number of carbonyl (C=O) groups excluding carboxylic acids is 3. The highest BCUT2D eigenvalue weighted by molar-refractivity contribution is 5.95. The first-order valence-corrected chi connectivity index (χ1v) is 9.91. The fraction of sp³-hybridized carbons (Fsp3) is 0.409. The summed E-state index contributed by atoms with van der Waals surface area (Å²) in [5.74, 6) is -1.29. The molecule has 0 saturated carbocycles. The Morgan fingerprint density at radius 1 is 1.07 bits per heavy atom. The van der Waals surface area contributed by atoms with Gasteiger partial charge >= 0.3 is 5.97 Å². The SMILES string of the molecule is CCC[C@H](NC(=O)C1O[C@H]1C(=O)OCC)C(=O)NCc1ccc2ccccc2c1. The fourth-order valence-electron chi connectivity index (χ4n) is 3.19. The van der Waals surface area contributed by atoms with Crippen LogP contribution in [0.15, 0.2) is 42.5 Å². The number of hydrogen-bond acceptors (Lipinski definition) is 5. The molecule has 0 bridgehead atoms. The largest absolute Gasteiger partial charge is 0.464 e. The molecule has 7 nitrogen and oxygen atoms in total. The number of epoxide rings is 1. The van der Waals surface area contributed by atoms with Crippen molar-refractivity contribution in [3.63, 3.8) is 0 Å². The van der Waals surface area contributed by atoms with E-state index in [1.165, 1.54) is 0 Å². The molecule has 1 saturated heterocycles. The van der Waals surface area contributed by atoms with E-state index in [1.807, 2.05) is 49.4 Å². The number of fused-ring (bicyclic) bond motifs is 1. The lowest BCUT2D eigenvalue weighted by Gasteiger charge is -2.17. The van der Waals surface area contributed by atoms with Gasteiger partial charge in [0.25, 0.3) is 5.91 Å². The van der Waals surface area contributed by atoms with Crippen molar-refractivity contribution in [2.24, 2.45) is 0 Å². The molecule has 7 heteroatoms. The molecule has 2 N–H and O–H groups in total. The standard InChI is InChI=1S/C22H26N2O5/c1-3-7-17(24-21(26)18-19(29-18)22(27)28-4-2)20(25)23-13-14-10-11-15-8-5-6-9-16(15)12-14/h5-6,8-12,17-19H,3-4,7,13H2,1-2H3,(H,23,25)(H,24,26)/t17-,18?,19+/m0/s1. The van der Waals surface area contributed by atoms with Crippen LogP contribution in [0.4, 0.5) is 0 Å². The van der Waals surface area contributed by atoms with Crippen LogP contribution in [0, 0.1) is 0 Å². The molecule has 1 aliphatic rings. The van der Waals surface area contributed by atoms with Crippen molar-refractivity contribution in [2.45, 2.75) is 51.5 Å². The molecular weight excluding hydrogens is 372 g/mol. The van der Waals surface area contributed by atoms with E-state index in [1.54, 1.807) is 6.92 Å². The van der Waals surface area contributed by atoms with Crippen LogP contribution in [0.2, 0.25) is 0 Å². The highest BCUT2D eigenvalue weighted by Crippen LogP contribution is 2.24. The Bertz CT molecular complexity index is 898. The van der Waals surface area contributed by atoms with Gasteiger partial charge in [-0.3, -0.25) is 9.59 Å². The number of amides is 2. The minimum absolute atomic E-state index is 0.225. The molecule has 1 aliphatic heterocycles. The molecule has 29 heavy (non-hydrogen) atoms. The number of nitrogens with one attached hydrogen (secondary N) is 2. The molecule has 1 unspecified atom stereocenters. The van der Waals surface area contributed by atoms with Crippen LogP contribution in [-0.4, -0.2) is 42.6 Å². The second-order valence-corrected chi connectivity index (χ2v) is 6.98. The molecule has 0 aliphatic carbocycles. The van der Waals surface area contributed by atoms with Crippen molar-refractivity contribution in [1.29, 1.82) is 0 Å². The lowest BCUT2D eigenvalue weighted by atomic mass is 10.1. The second-order valence-electron chi connectivity index (χ2n) is 6.98. The zero-order chi connectivity index (χ0) is 20.8. The molecule has 0 radical (unpaired) electrons. The molecule has 2 aromatic carbocycles. The average Bonchev–Trinajstić information content (AvgIpc) is 3.53. The summed E-state index contributed by atoms with van der Waals surface area (Å²) in [5, 5.41) is 7.81. The molecule has 1 fully saturated rings. The normalized spacial score (nSPS) is 18.7. The Hall–Kier alpha value is -2.93. The molecule has 1 heterocycles. The summed E-state index contributed by atoms with van der Waals surface area (Å²) in [6.07, 6.45) is -0.549. The predicted molar refractivity (Wildman–Crippen MR) is 108 cm³/mol. The van der Waals surface area contributed by atoms with E-state index in [0.29, 0.717) is 13.0 Å². The molecule has 3 rings (SSSR count). The highest BCUT2D eigenvalue weighted by Gasteiger charge is 2.52. The summed E-state index contributed by atoms with van der Waals surface area (Å²) in [6.45, 7) is 4.21. The van der Waals surface area contributed by atoms with Crippen LogP contribution >= 0.6 is 0 Å². The summed E-state index contributed by atoms with van der Waals surface area (Å²) in [7, 11) is 0. The summed E-state index contributed by atoms with van der Waals surface area (Å²) in [5.41, 5.74) is 0.978. The fourth-order valence-corrected chi connectivity index (χ4v) is 3.19. The molecule has 154 valence electrons. The second kappa shape index (κ2) is 9.52.